The van der Waals surface area contributed by atoms with Crippen molar-refractivity contribution in [1.29, 1.82) is 0 Å². The lowest BCUT2D eigenvalue weighted by molar-refractivity contribution is -0.384. The molecule has 4 aromatic rings. The van der Waals surface area contributed by atoms with Gasteiger partial charge in [-0.25, -0.2) is 12.8 Å². The smallest absolute Gasteiger partial charge is 0.271 e. The number of hydrogen-bond acceptors (Lipinski definition) is 6. The van der Waals surface area contributed by atoms with E-state index in [-0.39, 0.29) is 40.8 Å². The van der Waals surface area contributed by atoms with Crippen LogP contribution in [0.15, 0.2) is 114 Å². The zero-order valence-electron chi connectivity index (χ0n) is 26.3. The number of carbonyl (C=O) groups is 2. The van der Waals surface area contributed by atoms with E-state index < -0.39 is 45.2 Å². The maximum absolute atomic E-state index is 15.1. The second-order valence-electron chi connectivity index (χ2n) is 11.8. The summed E-state index contributed by atoms with van der Waals surface area (Å²) in [6.07, 6.45) is 4.66. The molecule has 0 saturated heterocycles. The number of amides is 2. The highest BCUT2D eigenvalue weighted by Crippen LogP contribution is 2.28. The summed E-state index contributed by atoms with van der Waals surface area (Å²) in [5.41, 5.74) is 0.408. The van der Waals surface area contributed by atoms with Gasteiger partial charge in [-0.15, -0.1) is 0 Å². The third kappa shape index (κ3) is 8.43. The van der Waals surface area contributed by atoms with E-state index in [1.807, 2.05) is 30.3 Å². The van der Waals surface area contributed by atoms with Crippen molar-refractivity contribution in [2.45, 2.75) is 62.0 Å². The lowest BCUT2D eigenvalue weighted by Gasteiger charge is -2.35. The average Bonchev–Trinajstić information content (AvgIpc) is 3.10. The molecule has 0 unspecified atom stereocenters. The van der Waals surface area contributed by atoms with Crippen LogP contribution in [0.3, 0.4) is 0 Å². The zero-order valence-corrected chi connectivity index (χ0v) is 27.1. The first-order chi connectivity index (χ1) is 23.1. The maximum atomic E-state index is 15.1. The van der Waals surface area contributed by atoms with Gasteiger partial charge >= 0.3 is 0 Å². The number of rotatable bonds is 13. The number of anilines is 1. The van der Waals surface area contributed by atoms with Crippen molar-refractivity contribution in [1.82, 2.24) is 10.2 Å². The lowest BCUT2D eigenvalue weighted by atomic mass is 9.94. The minimum absolute atomic E-state index is 0.0851. The molecular weight excluding hydrogens is 635 g/mol. The van der Waals surface area contributed by atoms with Crippen LogP contribution in [0, 0.1) is 15.9 Å². The van der Waals surface area contributed by atoms with Crippen LogP contribution in [0.5, 0.6) is 0 Å². The molecule has 0 heterocycles. The fraction of sp³-hybridized carbons (Fsp3) is 0.278. The molecule has 250 valence electrons. The summed E-state index contributed by atoms with van der Waals surface area (Å²) in [7, 11) is -4.45. The Hall–Kier alpha value is -5.10. The Morgan fingerprint density at radius 3 is 2.19 bits per heavy atom. The number of benzene rings is 4. The molecule has 1 atom stereocenters. The highest BCUT2D eigenvalue weighted by atomic mass is 32.2. The van der Waals surface area contributed by atoms with E-state index in [0.717, 1.165) is 48.0 Å². The van der Waals surface area contributed by atoms with Gasteiger partial charge in [0.05, 0.1) is 15.5 Å². The zero-order chi connectivity index (χ0) is 34.1. The van der Waals surface area contributed by atoms with Gasteiger partial charge in [-0.2, -0.15) is 0 Å². The lowest BCUT2D eigenvalue weighted by Crippen LogP contribution is -2.55. The van der Waals surface area contributed by atoms with E-state index in [1.165, 1.54) is 65.6 Å². The van der Waals surface area contributed by atoms with Crippen molar-refractivity contribution in [3.8, 4) is 0 Å². The fourth-order valence-electron chi connectivity index (χ4n) is 5.92. The molecular formula is C36H37FN4O6S. The van der Waals surface area contributed by atoms with Gasteiger partial charge < -0.3 is 10.2 Å². The monoisotopic (exact) mass is 672 g/mol. The van der Waals surface area contributed by atoms with Crippen molar-refractivity contribution in [2.75, 3.05) is 10.8 Å². The van der Waals surface area contributed by atoms with Crippen LogP contribution in [0.25, 0.3) is 0 Å². The molecule has 0 aromatic heterocycles. The first kappa shape index (κ1) is 34.2. The number of halogens is 1. The SMILES string of the molecule is O=C(NC1CCCCC1)[C@H](Cc1ccccc1)N(Cc1ccccc1F)C(=O)CN(c1cccc([N+](=O)[O-])c1)S(=O)(=O)c1ccccc1. The first-order valence-corrected chi connectivity index (χ1v) is 17.3. The highest BCUT2D eigenvalue weighted by Gasteiger charge is 2.36. The number of nitro benzene ring substituents is 1. The summed E-state index contributed by atoms with van der Waals surface area (Å²) in [6, 6.07) is 26.1. The second kappa shape index (κ2) is 15.7. The Bertz CT molecular complexity index is 1840. The number of non-ortho nitro benzene ring substituents is 1. The quantitative estimate of drug-likeness (QED) is 0.137. The molecule has 1 N–H and O–H groups in total. The van der Waals surface area contributed by atoms with E-state index in [9.17, 15) is 28.1 Å². The molecule has 1 saturated carbocycles. The number of carbonyl (C=O) groups excluding carboxylic acids is 2. The third-order valence-corrected chi connectivity index (χ3v) is 10.2. The summed E-state index contributed by atoms with van der Waals surface area (Å²) in [4.78, 5) is 40.7. The van der Waals surface area contributed by atoms with Gasteiger partial charge in [-0.3, -0.25) is 24.0 Å². The van der Waals surface area contributed by atoms with Crippen LogP contribution < -0.4 is 9.62 Å². The molecule has 12 heteroatoms. The van der Waals surface area contributed by atoms with E-state index >= 15 is 4.39 Å². The molecule has 10 nitrogen and oxygen atoms in total. The molecule has 48 heavy (non-hydrogen) atoms. The Morgan fingerprint density at radius 2 is 1.52 bits per heavy atom. The molecule has 1 aliphatic rings. The summed E-state index contributed by atoms with van der Waals surface area (Å²) in [5, 5.41) is 14.7. The molecule has 5 rings (SSSR count). The molecule has 0 spiro atoms. The first-order valence-electron chi connectivity index (χ1n) is 15.8. The van der Waals surface area contributed by atoms with Gasteiger partial charge in [0.15, 0.2) is 0 Å². The Balaban J connectivity index is 1.59. The van der Waals surface area contributed by atoms with E-state index in [0.29, 0.717) is 0 Å². The molecule has 0 aliphatic heterocycles. The predicted molar refractivity (Wildman–Crippen MR) is 180 cm³/mol. The largest absolute Gasteiger partial charge is 0.352 e. The molecule has 1 fully saturated rings. The van der Waals surface area contributed by atoms with Gasteiger partial charge in [0, 0.05) is 36.7 Å². The van der Waals surface area contributed by atoms with Crippen LogP contribution in [0.1, 0.15) is 43.2 Å². The van der Waals surface area contributed by atoms with Crippen LogP contribution in [-0.4, -0.2) is 48.7 Å². The molecule has 0 radical (unpaired) electrons. The second-order valence-corrected chi connectivity index (χ2v) is 13.6. The van der Waals surface area contributed by atoms with Crippen molar-refractivity contribution in [3.63, 3.8) is 0 Å². The minimum Gasteiger partial charge on any atom is -0.352 e. The van der Waals surface area contributed by atoms with Crippen LogP contribution >= 0.6 is 0 Å². The molecule has 1 aliphatic carbocycles. The standard InChI is InChI=1S/C36H37FN4O6S/c37-33-22-11-10-15-28(33)25-39(34(23-27-13-4-1-5-14-27)36(43)38-29-16-6-2-7-17-29)35(42)26-40(30-18-12-19-31(24-30)41(44)45)48(46,47)32-20-8-3-9-21-32/h1,3-5,8-15,18-22,24,29,34H,2,6-7,16-17,23,25-26H2,(H,38,43)/t34-/m0/s1. The number of nitrogens with zero attached hydrogens (tertiary/aromatic N) is 3. The van der Waals surface area contributed by atoms with Crippen LogP contribution in [-0.2, 0) is 32.6 Å². The molecule has 2 amide bonds. The normalized spacial score (nSPS) is 14.1. The van der Waals surface area contributed by atoms with Gasteiger partial charge in [0.25, 0.3) is 15.7 Å². The summed E-state index contributed by atoms with van der Waals surface area (Å²) in [6.45, 7) is -1.13. The number of hydrogen-bond donors (Lipinski definition) is 1. The van der Waals surface area contributed by atoms with Crippen molar-refractivity contribution < 1.29 is 27.3 Å². The topological polar surface area (TPSA) is 130 Å². The van der Waals surface area contributed by atoms with Gasteiger partial charge in [0.1, 0.15) is 18.4 Å². The minimum atomic E-state index is -4.45. The number of nitrogens with one attached hydrogen (secondary N) is 1. The van der Waals surface area contributed by atoms with E-state index in [2.05, 4.69) is 5.32 Å². The Kier molecular flexibility index (Phi) is 11.2. The number of nitro groups is 1. The van der Waals surface area contributed by atoms with Gasteiger partial charge in [-0.05, 0) is 42.7 Å². The van der Waals surface area contributed by atoms with Crippen molar-refractivity contribution in [3.05, 3.63) is 136 Å². The predicted octanol–water partition coefficient (Wildman–Crippen LogP) is 6.02. The summed E-state index contributed by atoms with van der Waals surface area (Å²) >= 11 is 0. The van der Waals surface area contributed by atoms with Crippen molar-refractivity contribution in [2.24, 2.45) is 0 Å². The molecule has 0 bridgehead atoms. The Morgan fingerprint density at radius 1 is 0.875 bits per heavy atom. The highest BCUT2D eigenvalue weighted by molar-refractivity contribution is 7.92. The van der Waals surface area contributed by atoms with Crippen LogP contribution in [0.4, 0.5) is 15.8 Å². The van der Waals surface area contributed by atoms with Gasteiger partial charge in [-0.1, -0.05) is 92.1 Å². The maximum Gasteiger partial charge on any atom is 0.271 e. The van der Waals surface area contributed by atoms with E-state index in [4.69, 9.17) is 0 Å². The molecule has 4 aromatic carbocycles. The Labute approximate surface area is 279 Å². The number of sulfonamides is 1. The third-order valence-electron chi connectivity index (χ3n) is 8.46. The summed E-state index contributed by atoms with van der Waals surface area (Å²) < 4.78 is 44.1. The van der Waals surface area contributed by atoms with Crippen molar-refractivity contribution >= 4 is 33.2 Å². The van der Waals surface area contributed by atoms with Crippen LogP contribution in [0.2, 0.25) is 0 Å². The average molecular weight is 673 g/mol. The van der Waals surface area contributed by atoms with Gasteiger partial charge in [0.2, 0.25) is 11.8 Å². The fourth-order valence-corrected chi connectivity index (χ4v) is 7.35. The van der Waals surface area contributed by atoms with E-state index in [1.54, 1.807) is 12.1 Å². The summed E-state index contributed by atoms with van der Waals surface area (Å²) in [5.74, 6) is -1.80.